The second-order valence-electron chi connectivity index (χ2n) is 9.41. The third kappa shape index (κ3) is 5.18. The number of aromatic nitrogens is 3. The fourth-order valence-electron chi connectivity index (χ4n) is 4.78. The Morgan fingerprint density at radius 1 is 1.16 bits per heavy atom. The minimum absolute atomic E-state index is 0.0207. The lowest BCUT2D eigenvalue weighted by Crippen LogP contribution is -2.38. The van der Waals surface area contributed by atoms with Crippen LogP contribution in [0.4, 0.5) is 5.82 Å². The van der Waals surface area contributed by atoms with Crippen molar-refractivity contribution >= 4 is 43.3 Å². The van der Waals surface area contributed by atoms with Crippen molar-refractivity contribution in [1.82, 2.24) is 19.1 Å². The van der Waals surface area contributed by atoms with Crippen LogP contribution < -0.4 is 10.1 Å². The number of para-hydroxylation sites is 1. The predicted molar refractivity (Wildman–Crippen MR) is 149 cm³/mol. The van der Waals surface area contributed by atoms with Crippen LogP contribution in [0.2, 0.25) is 0 Å². The third-order valence-corrected chi connectivity index (χ3v) is 9.73. The van der Waals surface area contributed by atoms with E-state index in [-0.39, 0.29) is 16.8 Å². The highest BCUT2D eigenvalue weighted by molar-refractivity contribution is 7.89. The number of anilines is 1. The number of sulfonamides is 1. The molecular weight excluding hydrogens is 522 g/mol. The average Bonchev–Trinajstić information content (AvgIpc) is 3.52. The summed E-state index contributed by atoms with van der Waals surface area (Å²) in [4.78, 5) is 18.0. The van der Waals surface area contributed by atoms with E-state index < -0.39 is 10.0 Å². The topological polar surface area (TPSA) is 106 Å². The van der Waals surface area contributed by atoms with Crippen LogP contribution >= 0.6 is 11.3 Å². The Morgan fingerprint density at radius 3 is 2.61 bits per heavy atom. The second kappa shape index (κ2) is 10.8. The van der Waals surface area contributed by atoms with Crippen LogP contribution in [0.3, 0.4) is 0 Å². The first-order chi connectivity index (χ1) is 18.3. The largest absolute Gasteiger partial charge is 0.492 e. The van der Waals surface area contributed by atoms with E-state index >= 15 is 0 Å². The van der Waals surface area contributed by atoms with Crippen LogP contribution in [0.5, 0.6) is 5.75 Å². The van der Waals surface area contributed by atoms with Crippen molar-refractivity contribution in [1.29, 1.82) is 0 Å². The smallest absolute Gasteiger partial charge is 0.256 e. The molecule has 0 saturated heterocycles. The molecule has 2 aromatic heterocycles. The molecule has 0 unspecified atom stereocenters. The number of thiazole rings is 1. The van der Waals surface area contributed by atoms with E-state index in [4.69, 9.17) is 9.72 Å². The Morgan fingerprint density at radius 2 is 1.89 bits per heavy atom. The maximum Gasteiger partial charge on any atom is 0.256 e. The van der Waals surface area contributed by atoms with E-state index in [1.807, 2.05) is 32.0 Å². The van der Waals surface area contributed by atoms with E-state index in [0.717, 1.165) is 48.0 Å². The van der Waals surface area contributed by atoms with Crippen molar-refractivity contribution in [3.8, 4) is 10.9 Å². The van der Waals surface area contributed by atoms with Crippen molar-refractivity contribution in [3.63, 3.8) is 0 Å². The van der Waals surface area contributed by atoms with E-state index in [0.29, 0.717) is 28.9 Å². The summed E-state index contributed by atoms with van der Waals surface area (Å²) in [6, 6.07) is 13.6. The summed E-state index contributed by atoms with van der Waals surface area (Å²) in [7, 11) is -1.98. The number of benzene rings is 2. The third-order valence-electron chi connectivity index (χ3n) is 6.81. The summed E-state index contributed by atoms with van der Waals surface area (Å²) in [6.45, 7) is 4.30. The van der Waals surface area contributed by atoms with Crippen LogP contribution in [0.15, 0.2) is 53.4 Å². The summed E-state index contributed by atoms with van der Waals surface area (Å²) >= 11 is 1.45. The fraction of sp³-hybridized carbons (Fsp3) is 0.370. The van der Waals surface area contributed by atoms with Gasteiger partial charge in [-0.25, -0.2) is 13.4 Å². The quantitative estimate of drug-likeness (QED) is 0.313. The van der Waals surface area contributed by atoms with Gasteiger partial charge in [-0.2, -0.15) is 14.1 Å². The van der Waals surface area contributed by atoms with Gasteiger partial charge in [0.25, 0.3) is 5.91 Å². The highest BCUT2D eigenvalue weighted by Gasteiger charge is 2.29. The van der Waals surface area contributed by atoms with Gasteiger partial charge in [0, 0.05) is 24.7 Å². The van der Waals surface area contributed by atoms with E-state index in [1.54, 1.807) is 17.8 Å². The number of amides is 1. The molecule has 9 nitrogen and oxygen atoms in total. The van der Waals surface area contributed by atoms with E-state index in [1.165, 1.54) is 39.9 Å². The zero-order valence-corrected chi connectivity index (χ0v) is 23.3. The van der Waals surface area contributed by atoms with Crippen molar-refractivity contribution in [2.45, 2.75) is 56.9 Å². The summed E-state index contributed by atoms with van der Waals surface area (Å²) in [6.07, 6.45) is 5.00. The molecular formula is C27H31N5O4S2. The monoisotopic (exact) mass is 553 g/mol. The van der Waals surface area contributed by atoms with Crippen molar-refractivity contribution in [2.24, 2.45) is 0 Å². The number of carbonyl (C=O) groups excluding carboxylic acids is 1. The van der Waals surface area contributed by atoms with Crippen LogP contribution in [0.25, 0.3) is 15.3 Å². The first-order valence-electron chi connectivity index (χ1n) is 12.8. The van der Waals surface area contributed by atoms with Crippen LogP contribution in [-0.4, -0.2) is 53.1 Å². The minimum Gasteiger partial charge on any atom is -0.492 e. The SMILES string of the molecule is CCOc1cccc2sc(-n3nc(C)cc3NC(=O)c3ccc(S(=O)(=O)N(C)C4CCCCC4)cc3)nc12. The Labute approximate surface area is 226 Å². The Hall–Kier alpha value is -3.28. The zero-order valence-electron chi connectivity index (χ0n) is 21.7. The highest BCUT2D eigenvalue weighted by Crippen LogP contribution is 2.33. The summed E-state index contributed by atoms with van der Waals surface area (Å²) in [5.41, 5.74) is 1.81. The lowest BCUT2D eigenvalue weighted by molar-refractivity contribution is 0.102. The first-order valence-corrected chi connectivity index (χ1v) is 15.0. The molecule has 1 N–H and O–H groups in total. The van der Waals surface area contributed by atoms with Gasteiger partial charge in [-0.1, -0.05) is 36.7 Å². The molecule has 1 saturated carbocycles. The van der Waals surface area contributed by atoms with E-state index in [2.05, 4.69) is 10.4 Å². The van der Waals surface area contributed by atoms with Crippen molar-refractivity contribution in [2.75, 3.05) is 19.0 Å². The van der Waals surface area contributed by atoms with Crippen molar-refractivity contribution < 1.29 is 17.9 Å². The number of fused-ring (bicyclic) bond motifs is 1. The van der Waals surface area contributed by atoms with Gasteiger partial charge in [0.1, 0.15) is 17.1 Å². The molecule has 38 heavy (non-hydrogen) atoms. The van der Waals surface area contributed by atoms with Crippen LogP contribution in [0.1, 0.15) is 55.1 Å². The number of hydrogen-bond acceptors (Lipinski definition) is 7. The molecule has 5 rings (SSSR count). The average molecular weight is 554 g/mol. The van der Waals surface area contributed by atoms with Gasteiger partial charge >= 0.3 is 0 Å². The molecule has 200 valence electrons. The lowest BCUT2D eigenvalue weighted by atomic mass is 9.96. The van der Waals surface area contributed by atoms with Gasteiger partial charge in [-0.05, 0) is 63.1 Å². The number of rotatable bonds is 8. The van der Waals surface area contributed by atoms with Gasteiger partial charge in [-0.15, -0.1) is 0 Å². The standard InChI is InChI=1S/C27H31N5O4S2/c1-4-36-22-11-8-12-23-25(22)29-27(37-23)32-24(17-18(2)30-32)28-26(33)19-13-15-21(16-14-19)38(34,35)31(3)20-9-6-5-7-10-20/h8,11-17,20H,4-7,9-10H2,1-3H3,(H,28,33). The number of nitrogens with zero attached hydrogens (tertiary/aromatic N) is 4. The van der Waals surface area contributed by atoms with Gasteiger partial charge in [-0.3, -0.25) is 4.79 Å². The van der Waals surface area contributed by atoms with Gasteiger partial charge in [0.05, 0.1) is 21.9 Å². The summed E-state index contributed by atoms with van der Waals surface area (Å²) < 4.78 is 36.0. The predicted octanol–water partition coefficient (Wildman–Crippen LogP) is 5.39. The molecule has 0 bridgehead atoms. The molecule has 1 aliphatic carbocycles. The molecule has 0 aliphatic heterocycles. The fourth-order valence-corrected chi connectivity index (χ4v) is 7.15. The Balaban J connectivity index is 1.36. The lowest BCUT2D eigenvalue weighted by Gasteiger charge is -2.30. The maximum atomic E-state index is 13.1. The van der Waals surface area contributed by atoms with Crippen LogP contribution in [-0.2, 0) is 10.0 Å². The molecule has 2 aromatic carbocycles. The van der Waals surface area contributed by atoms with Crippen LogP contribution in [0, 0.1) is 6.92 Å². The molecule has 4 aromatic rings. The van der Waals surface area contributed by atoms with Gasteiger partial charge in [0.2, 0.25) is 15.2 Å². The zero-order chi connectivity index (χ0) is 26.9. The number of carbonyl (C=O) groups is 1. The van der Waals surface area contributed by atoms with Crippen molar-refractivity contribution in [3.05, 3.63) is 59.8 Å². The Kier molecular flexibility index (Phi) is 7.51. The minimum atomic E-state index is -3.63. The second-order valence-corrected chi connectivity index (χ2v) is 12.4. The Bertz CT molecular complexity index is 1550. The molecule has 2 heterocycles. The highest BCUT2D eigenvalue weighted by atomic mass is 32.2. The molecule has 1 fully saturated rings. The molecule has 1 amide bonds. The number of ether oxygens (including phenoxy) is 1. The number of aryl methyl sites for hydroxylation is 1. The van der Waals surface area contributed by atoms with E-state index in [9.17, 15) is 13.2 Å². The first kappa shape index (κ1) is 26.3. The molecule has 1 aliphatic rings. The molecule has 0 radical (unpaired) electrons. The molecule has 0 atom stereocenters. The summed E-state index contributed by atoms with van der Waals surface area (Å²) in [5.74, 6) is 0.802. The normalized spacial score (nSPS) is 14.7. The molecule has 0 spiro atoms. The maximum absolute atomic E-state index is 13.1. The van der Waals surface area contributed by atoms with Gasteiger partial charge < -0.3 is 10.1 Å². The number of nitrogens with one attached hydrogen (secondary N) is 1. The van der Waals surface area contributed by atoms with Gasteiger partial charge in [0.15, 0.2) is 0 Å². The summed E-state index contributed by atoms with van der Waals surface area (Å²) in [5, 5.41) is 8.03. The molecule has 11 heteroatoms. The number of hydrogen-bond donors (Lipinski definition) is 1.